The molecule has 0 aliphatic carbocycles. The number of nitrogens with one attached hydrogen (secondary N) is 1. The molecule has 6 nitrogen and oxygen atoms in total. The molecule has 1 atom stereocenters. The molecule has 1 saturated heterocycles. The van der Waals surface area contributed by atoms with Crippen LogP contribution in [0.2, 0.25) is 0 Å². The van der Waals surface area contributed by atoms with E-state index in [1.165, 1.54) is 0 Å². The van der Waals surface area contributed by atoms with Crippen molar-refractivity contribution in [2.45, 2.75) is 33.2 Å². The molecule has 1 aromatic rings. The van der Waals surface area contributed by atoms with E-state index in [0.717, 1.165) is 11.3 Å². The molecule has 2 rings (SSSR count). The predicted molar refractivity (Wildman–Crippen MR) is 79.6 cm³/mol. The molecule has 2 amide bonds. The number of anilines is 1. The fourth-order valence-corrected chi connectivity index (χ4v) is 3.30. The molecule has 1 aliphatic rings. The van der Waals surface area contributed by atoms with Crippen LogP contribution in [0.5, 0.6) is 0 Å². The highest BCUT2D eigenvalue weighted by atomic mass is 32.1. The molecule has 0 spiro atoms. The van der Waals surface area contributed by atoms with Crippen LogP contribution in [0.1, 0.15) is 35.5 Å². The number of carboxylic acid groups (broad SMARTS) is 1. The summed E-state index contributed by atoms with van der Waals surface area (Å²) >= 11 is 1.03. The summed E-state index contributed by atoms with van der Waals surface area (Å²) in [6, 6.07) is 1.72. The number of thiophene rings is 1. The number of aryl methyl sites for hydroxylation is 1. The van der Waals surface area contributed by atoms with Crippen LogP contribution in [0.15, 0.2) is 6.07 Å². The first-order valence-corrected chi connectivity index (χ1v) is 7.55. The van der Waals surface area contributed by atoms with Gasteiger partial charge in [0.25, 0.3) is 0 Å². The number of carboxylic acids is 1. The fraction of sp³-hybridized carbons (Fsp3) is 0.500. The third-order valence-electron chi connectivity index (χ3n) is 3.51. The number of carbonyl (C=O) groups excluding carboxylic acids is 2. The van der Waals surface area contributed by atoms with Crippen LogP contribution < -0.4 is 5.32 Å². The maximum Gasteiger partial charge on any atom is 0.346 e. The summed E-state index contributed by atoms with van der Waals surface area (Å²) in [5, 5.41) is 12.2. The zero-order chi connectivity index (χ0) is 15.7. The summed E-state index contributed by atoms with van der Waals surface area (Å²) in [4.78, 5) is 36.9. The quantitative estimate of drug-likeness (QED) is 0.890. The number of amides is 2. The topological polar surface area (TPSA) is 86.7 Å². The van der Waals surface area contributed by atoms with Crippen LogP contribution in [-0.4, -0.2) is 40.4 Å². The minimum absolute atomic E-state index is 0.0151. The van der Waals surface area contributed by atoms with Gasteiger partial charge in [-0.3, -0.25) is 9.59 Å². The summed E-state index contributed by atoms with van der Waals surface area (Å²) in [6.45, 7) is 5.94. The lowest BCUT2D eigenvalue weighted by molar-refractivity contribution is -0.129. The Morgan fingerprint density at radius 2 is 2.14 bits per heavy atom. The molecular weight excluding hydrogens is 292 g/mol. The standard InChI is InChI=1S/C14H18N2O4S/c1-7(2)16-6-9(5-11(16)17)13(18)15-10-4-8(3)12(21-10)14(19)20/h4,7,9H,5-6H2,1-3H3,(H,15,18)(H,19,20). The van der Waals surface area contributed by atoms with Crippen LogP contribution >= 0.6 is 11.3 Å². The zero-order valence-electron chi connectivity index (χ0n) is 12.2. The van der Waals surface area contributed by atoms with E-state index >= 15 is 0 Å². The van der Waals surface area contributed by atoms with Crippen LogP contribution in [0.3, 0.4) is 0 Å². The van der Waals surface area contributed by atoms with E-state index in [-0.39, 0.29) is 35.1 Å². The third kappa shape index (κ3) is 3.24. The van der Waals surface area contributed by atoms with Gasteiger partial charge in [0.2, 0.25) is 11.8 Å². The molecule has 0 aromatic carbocycles. The van der Waals surface area contributed by atoms with Gasteiger partial charge in [0.1, 0.15) is 4.88 Å². The predicted octanol–water partition coefficient (Wildman–Crippen LogP) is 1.95. The van der Waals surface area contributed by atoms with Gasteiger partial charge in [-0.2, -0.15) is 0 Å². The molecule has 2 N–H and O–H groups in total. The molecule has 1 fully saturated rings. The highest BCUT2D eigenvalue weighted by Gasteiger charge is 2.35. The van der Waals surface area contributed by atoms with E-state index in [1.807, 2.05) is 13.8 Å². The number of rotatable bonds is 4. The highest BCUT2D eigenvalue weighted by molar-refractivity contribution is 7.18. The monoisotopic (exact) mass is 310 g/mol. The highest BCUT2D eigenvalue weighted by Crippen LogP contribution is 2.28. The first-order valence-electron chi connectivity index (χ1n) is 6.73. The summed E-state index contributed by atoms with van der Waals surface area (Å²) in [5.41, 5.74) is 0.620. The first-order chi connectivity index (χ1) is 9.79. The molecule has 7 heteroatoms. The molecule has 21 heavy (non-hydrogen) atoms. The SMILES string of the molecule is Cc1cc(NC(=O)C2CC(=O)N(C(C)C)C2)sc1C(=O)O. The maximum atomic E-state index is 12.2. The van der Waals surface area contributed by atoms with E-state index in [4.69, 9.17) is 5.11 Å². The fourth-order valence-electron chi connectivity index (χ4n) is 2.39. The number of hydrogen-bond donors (Lipinski definition) is 2. The average Bonchev–Trinajstić information content (AvgIpc) is 2.92. The van der Waals surface area contributed by atoms with Crippen LogP contribution in [0.25, 0.3) is 0 Å². The number of aromatic carboxylic acids is 1. The van der Waals surface area contributed by atoms with Gasteiger partial charge in [-0.05, 0) is 32.4 Å². The van der Waals surface area contributed by atoms with Gasteiger partial charge in [0, 0.05) is 19.0 Å². The molecule has 0 radical (unpaired) electrons. The van der Waals surface area contributed by atoms with Crippen molar-refractivity contribution in [2.24, 2.45) is 5.92 Å². The number of likely N-dealkylation sites (tertiary alicyclic amines) is 1. The van der Waals surface area contributed by atoms with Crippen molar-refractivity contribution in [2.75, 3.05) is 11.9 Å². The third-order valence-corrected chi connectivity index (χ3v) is 4.65. The zero-order valence-corrected chi connectivity index (χ0v) is 13.0. The Kier molecular flexibility index (Phi) is 4.32. The smallest absolute Gasteiger partial charge is 0.346 e. The Bertz CT molecular complexity index is 594. The van der Waals surface area contributed by atoms with Crippen molar-refractivity contribution < 1.29 is 19.5 Å². The number of hydrogen-bond acceptors (Lipinski definition) is 4. The van der Waals surface area contributed by atoms with Crippen molar-refractivity contribution >= 4 is 34.1 Å². The second-order valence-corrected chi connectivity index (χ2v) is 6.51. The normalized spacial score (nSPS) is 18.4. The van der Waals surface area contributed by atoms with Crippen molar-refractivity contribution in [1.82, 2.24) is 4.90 Å². The summed E-state index contributed by atoms with van der Waals surface area (Å²) in [5.74, 6) is -1.63. The minimum Gasteiger partial charge on any atom is -0.477 e. The van der Waals surface area contributed by atoms with Crippen molar-refractivity contribution in [3.05, 3.63) is 16.5 Å². The van der Waals surface area contributed by atoms with E-state index in [1.54, 1.807) is 17.9 Å². The lowest BCUT2D eigenvalue weighted by Gasteiger charge is -2.20. The molecular formula is C14H18N2O4S. The van der Waals surface area contributed by atoms with E-state index in [9.17, 15) is 14.4 Å². The van der Waals surface area contributed by atoms with Crippen LogP contribution in [0, 0.1) is 12.8 Å². The number of carbonyl (C=O) groups is 3. The molecule has 114 valence electrons. The summed E-state index contributed by atoms with van der Waals surface area (Å²) in [6.07, 6.45) is 0.208. The van der Waals surface area contributed by atoms with Gasteiger partial charge in [-0.1, -0.05) is 0 Å². The summed E-state index contributed by atoms with van der Waals surface area (Å²) in [7, 11) is 0. The Morgan fingerprint density at radius 3 is 2.62 bits per heavy atom. The van der Waals surface area contributed by atoms with Gasteiger partial charge in [-0.25, -0.2) is 4.79 Å². The molecule has 0 bridgehead atoms. The minimum atomic E-state index is -1.000. The molecule has 0 saturated carbocycles. The largest absolute Gasteiger partial charge is 0.477 e. The van der Waals surface area contributed by atoms with Gasteiger partial charge in [0.15, 0.2) is 0 Å². The Morgan fingerprint density at radius 1 is 1.48 bits per heavy atom. The van der Waals surface area contributed by atoms with Crippen molar-refractivity contribution in [3.8, 4) is 0 Å². The molecule has 1 unspecified atom stereocenters. The molecule has 1 aliphatic heterocycles. The van der Waals surface area contributed by atoms with E-state index in [2.05, 4.69) is 5.32 Å². The van der Waals surface area contributed by atoms with Crippen molar-refractivity contribution in [3.63, 3.8) is 0 Å². The van der Waals surface area contributed by atoms with Crippen LogP contribution in [-0.2, 0) is 9.59 Å². The second kappa shape index (κ2) is 5.85. The van der Waals surface area contributed by atoms with Gasteiger partial charge < -0.3 is 15.3 Å². The van der Waals surface area contributed by atoms with E-state index in [0.29, 0.717) is 17.1 Å². The number of nitrogens with zero attached hydrogens (tertiary/aromatic N) is 1. The lowest BCUT2D eigenvalue weighted by Crippen LogP contribution is -2.33. The Labute approximate surface area is 126 Å². The molecule has 1 aromatic heterocycles. The Balaban J connectivity index is 2.04. The first kappa shape index (κ1) is 15.5. The van der Waals surface area contributed by atoms with Gasteiger partial charge in [0.05, 0.1) is 10.9 Å². The van der Waals surface area contributed by atoms with Crippen molar-refractivity contribution in [1.29, 1.82) is 0 Å². The molecule has 2 heterocycles. The Hall–Kier alpha value is -1.89. The van der Waals surface area contributed by atoms with Gasteiger partial charge >= 0.3 is 5.97 Å². The second-order valence-electron chi connectivity index (χ2n) is 5.46. The lowest BCUT2D eigenvalue weighted by atomic mass is 10.1. The van der Waals surface area contributed by atoms with Gasteiger partial charge in [-0.15, -0.1) is 11.3 Å². The maximum absolute atomic E-state index is 12.2. The van der Waals surface area contributed by atoms with E-state index < -0.39 is 5.97 Å². The summed E-state index contributed by atoms with van der Waals surface area (Å²) < 4.78 is 0. The van der Waals surface area contributed by atoms with Crippen LogP contribution in [0.4, 0.5) is 5.00 Å². The average molecular weight is 310 g/mol.